The number of anilines is 3. The highest BCUT2D eigenvalue weighted by molar-refractivity contribution is 7.71. The van der Waals surface area contributed by atoms with E-state index in [0.717, 1.165) is 16.3 Å². The van der Waals surface area contributed by atoms with Crippen LogP contribution in [0.25, 0.3) is 10.7 Å². The first kappa shape index (κ1) is 20.7. The second kappa shape index (κ2) is 9.07. The van der Waals surface area contributed by atoms with Crippen LogP contribution in [0.1, 0.15) is 16.1 Å². The molecule has 9 heteroatoms. The van der Waals surface area contributed by atoms with E-state index in [1.165, 1.54) is 11.3 Å². The molecule has 156 valence electrons. The Hall–Kier alpha value is -3.56. The number of para-hydroxylation sites is 2. The van der Waals surface area contributed by atoms with Gasteiger partial charge in [-0.2, -0.15) is 5.10 Å². The van der Waals surface area contributed by atoms with Gasteiger partial charge in [0.25, 0.3) is 5.91 Å². The number of aromatic amines is 1. The maximum absolute atomic E-state index is 13.0. The van der Waals surface area contributed by atoms with Crippen LogP contribution in [0.2, 0.25) is 0 Å². The number of thiazole rings is 1. The highest BCUT2D eigenvalue weighted by Crippen LogP contribution is 2.32. The van der Waals surface area contributed by atoms with Gasteiger partial charge in [0.2, 0.25) is 0 Å². The molecule has 0 radical (unpaired) electrons. The van der Waals surface area contributed by atoms with E-state index in [4.69, 9.17) is 12.2 Å². The molecule has 0 aliphatic heterocycles. The number of hydrogen-bond donors (Lipinski definition) is 3. The Bertz CT molecular complexity index is 1290. The summed E-state index contributed by atoms with van der Waals surface area (Å²) in [7, 11) is 0. The van der Waals surface area contributed by atoms with Crippen molar-refractivity contribution in [3.05, 3.63) is 83.3 Å². The van der Waals surface area contributed by atoms with E-state index < -0.39 is 0 Å². The lowest BCUT2D eigenvalue weighted by molar-refractivity contribution is 0.102. The number of amides is 1. The Morgan fingerprint density at radius 3 is 2.74 bits per heavy atom. The largest absolute Gasteiger partial charge is 0.355 e. The Morgan fingerprint density at radius 1 is 1.23 bits per heavy atom. The Morgan fingerprint density at radius 2 is 1.97 bits per heavy atom. The van der Waals surface area contributed by atoms with Crippen LogP contribution >= 0.6 is 23.6 Å². The lowest BCUT2D eigenvalue weighted by Crippen LogP contribution is -2.13. The molecule has 2 aromatic heterocycles. The minimum atomic E-state index is -0.246. The van der Waals surface area contributed by atoms with E-state index in [2.05, 4.69) is 32.4 Å². The van der Waals surface area contributed by atoms with Crippen molar-refractivity contribution in [1.82, 2.24) is 19.7 Å². The van der Waals surface area contributed by atoms with Crippen molar-refractivity contribution in [3.63, 3.8) is 0 Å². The van der Waals surface area contributed by atoms with Gasteiger partial charge in [0.1, 0.15) is 0 Å². The molecule has 4 aromatic rings. The molecule has 0 aliphatic rings. The van der Waals surface area contributed by atoms with Gasteiger partial charge in [0.05, 0.1) is 21.8 Å². The normalized spacial score (nSPS) is 10.6. The number of allylic oxidation sites excluding steroid dienone is 1. The fraction of sp³-hybridized carbons (Fsp3) is 0.0909. The summed E-state index contributed by atoms with van der Waals surface area (Å²) in [6, 6.07) is 17.1. The van der Waals surface area contributed by atoms with Gasteiger partial charge in [-0.1, -0.05) is 47.7 Å². The van der Waals surface area contributed by atoms with Gasteiger partial charge < -0.3 is 5.32 Å². The van der Waals surface area contributed by atoms with E-state index in [-0.39, 0.29) is 5.91 Å². The summed E-state index contributed by atoms with van der Waals surface area (Å²) >= 11 is 6.65. The quantitative estimate of drug-likeness (QED) is 0.255. The van der Waals surface area contributed by atoms with Crippen LogP contribution in [0.15, 0.2) is 67.3 Å². The average Bonchev–Trinajstić information content (AvgIpc) is 3.31. The summed E-state index contributed by atoms with van der Waals surface area (Å²) in [5.41, 5.74) is 2.90. The zero-order chi connectivity index (χ0) is 21.8. The molecule has 0 aliphatic carbocycles. The third kappa shape index (κ3) is 4.47. The molecule has 0 fully saturated rings. The van der Waals surface area contributed by atoms with Crippen molar-refractivity contribution < 1.29 is 4.79 Å². The van der Waals surface area contributed by atoms with E-state index in [1.807, 2.05) is 60.0 Å². The predicted octanol–water partition coefficient (Wildman–Crippen LogP) is 5.55. The van der Waals surface area contributed by atoms with Gasteiger partial charge in [-0.15, -0.1) is 6.58 Å². The third-order valence-electron chi connectivity index (χ3n) is 4.51. The second-order valence-electron chi connectivity index (χ2n) is 6.68. The molecule has 0 unspecified atom stereocenters. The molecule has 4 rings (SSSR count). The summed E-state index contributed by atoms with van der Waals surface area (Å²) in [6.45, 7) is 6.17. The fourth-order valence-corrected chi connectivity index (χ4v) is 4.25. The number of benzene rings is 2. The zero-order valence-corrected chi connectivity index (χ0v) is 18.4. The first-order valence-corrected chi connectivity index (χ1v) is 10.8. The summed E-state index contributed by atoms with van der Waals surface area (Å²) < 4.78 is 2.35. The van der Waals surface area contributed by atoms with Crippen molar-refractivity contribution in [3.8, 4) is 10.7 Å². The topological polar surface area (TPSA) is 87.6 Å². The van der Waals surface area contributed by atoms with Gasteiger partial charge in [-0.25, -0.2) is 4.98 Å². The van der Waals surface area contributed by atoms with Crippen LogP contribution in [0.3, 0.4) is 0 Å². The van der Waals surface area contributed by atoms with Crippen molar-refractivity contribution in [2.75, 3.05) is 10.6 Å². The number of nitrogens with one attached hydrogen (secondary N) is 3. The van der Waals surface area contributed by atoms with Gasteiger partial charge in [-0.05, 0) is 43.4 Å². The smallest absolute Gasteiger partial charge is 0.259 e. The molecule has 0 atom stereocenters. The molecule has 1 amide bonds. The van der Waals surface area contributed by atoms with Crippen molar-refractivity contribution in [2.45, 2.75) is 13.5 Å². The van der Waals surface area contributed by atoms with Crippen LogP contribution in [0.4, 0.5) is 16.5 Å². The number of rotatable bonds is 7. The molecule has 0 saturated carbocycles. The molecule has 7 nitrogen and oxygen atoms in total. The monoisotopic (exact) mass is 448 g/mol. The van der Waals surface area contributed by atoms with Crippen LogP contribution in [-0.2, 0) is 6.54 Å². The summed E-state index contributed by atoms with van der Waals surface area (Å²) in [4.78, 5) is 18.4. The van der Waals surface area contributed by atoms with Crippen LogP contribution < -0.4 is 10.6 Å². The Kier molecular flexibility index (Phi) is 6.06. The molecule has 0 saturated heterocycles. The fourth-order valence-electron chi connectivity index (χ4n) is 3.08. The maximum Gasteiger partial charge on any atom is 0.259 e. The van der Waals surface area contributed by atoms with E-state index in [0.29, 0.717) is 33.5 Å². The molecule has 3 N–H and O–H groups in total. The van der Waals surface area contributed by atoms with Crippen LogP contribution in [0, 0.1) is 11.7 Å². The third-order valence-corrected chi connectivity index (χ3v) is 5.90. The highest BCUT2D eigenvalue weighted by atomic mass is 32.1. The van der Waals surface area contributed by atoms with Crippen molar-refractivity contribution >= 4 is 46.0 Å². The Labute approximate surface area is 188 Å². The van der Waals surface area contributed by atoms with Gasteiger partial charge in [-0.3, -0.25) is 19.8 Å². The molecule has 2 heterocycles. The molecule has 0 bridgehead atoms. The van der Waals surface area contributed by atoms with Gasteiger partial charge in [0.15, 0.2) is 15.7 Å². The Balaban J connectivity index is 1.59. The standard InChI is InChI=1S/C22H20N6OS2/c1-3-13-28-19(26-27-22(28)30)18-14(2)23-21(31-18)25-20(29)16-11-7-8-12-17(16)24-15-9-5-4-6-10-15/h3-12,24H,1,13H2,2H3,(H,27,30)(H,23,25,29). The number of aryl methyl sites for hydroxylation is 1. The first-order chi connectivity index (χ1) is 15.1. The lowest BCUT2D eigenvalue weighted by atomic mass is 10.1. The van der Waals surface area contributed by atoms with Crippen LogP contribution in [0.5, 0.6) is 0 Å². The minimum absolute atomic E-state index is 0.246. The summed E-state index contributed by atoms with van der Waals surface area (Å²) in [5.74, 6) is 0.427. The van der Waals surface area contributed by atoms with Crippen molar-refractivity contribution in [2.24, 2.45) is 0 Å². The van der Waals surface area contributed by atoms with Crippen molar-refractivity contribution in [1.29, 1.82) is 0 Å². The minimum Gasteiger partial charge on any atom is -0.355 e. The van der Waals surface area contributed by atoms with E-state index in [1.54, 1.807) is 12.1 Å². The summed E-state index contributed by atoms with van der Waals surface area (Å²) in [6.07, 6.45) is 1.75. The summed E-state index contributed by atoms with van der Waals surface area (Å²) in [5, 5.41) is 13.8. The average molecular weight is 449 g/mol. The SMILES string of the molecule is C=CCn1c(-c2sc(NC(=O)c3ccccc3Nc3ccccc3)nc2C)n[nH]c1=S. The second-order valence-corrected chi connectivity index (χ2v) is 8.06. The zero-order valence-electron chi connectivity index (χ0n) is 16.8. The number of nitrogens with zero attached hydrogens (tertiary/aromatic N) is 3. The molecular weight excluding hydrogens is 428 g/mol. The predicted molar refractivity (Wildman–Crippen MR) is 128 cm³/mol. The molecular formula is C22H20N6OS2. The highest BCUT2D eigenvalue weighted by Gasteiger charge is 2.18. The molecule has 2 aromatic carbocycles. The number of aromatic nitrogens is 4. The van der Waals surface area contributed by atoms with Gasteiger partial charge >= 0.3 is 0 Å². The number of carbonyl (C=O) groups is 1. The maximum atomic E-state index is 13.0. The number of carbonyl (C=O) groups excluding carboxylic acids is 1. The van der Waals surface area contributed by atoms with Gasteiger partial charge in [0, 0.05) is 12.2 Å². The van der Waals surface area contributed by atoms with E-state index in [9.17, 15) is 4.79 Å². The number of H-pyrrole nitrogens is 1. The molecule has 31 heavy (non-hydrogen) atoms. The lowest BCUT2D eigenvalue weighted by Gasteiger charge is -2.11. The molecule has 0 spiro atoms. The number of hydrogen-bond acceptors (Lipinski definition) is 6. The first-order valence-electron chi connectivity index (χ1n) is 9.53. The van der Waals surface area contributed by atoms with E-state index >= 15 is 0 Å². The van der Waals surface area contributed by atoms with Crippen LogP contribution in [-0.4, -0.2) is 25.7 Å².